The number of amides is 1. The van der Waals surface area contributed by atoms with Crippen LogP contribution in [0.4, 0.5) is 11.5 Å². The van der Waals surface area contributed by atoms with Crippen LogP contribution in [0.1, 0.15) is 11.1 Å². The second kappa shape index (κ2) is 6.35. The van der Waals surface area contributed by atoms with Crippen LogP contribution < -0.4 is 10.2 Å². The van der Waals surface area contributed by atoms with E-state index in [0.29, 0.717) is 24.3 Å². The Morgan fingerprint density at radius 1 is 1.07 bits per heavy atom. The molecule has 1 N–H and O–H groups in total. The molecule has 0 unspecified atom stereocenters. The molecule has 1 amide bonds. The Kier molecular flexibility index (Phi) is 3.61. The van der Waals surface area contributed by atoms with Gasteiger partial charge < -0.3 is 10.2 Å². The van der Waals surface area contributed by atoms with Crippen molar-refractivity contribution < 1.29 is 4.79 Å². The first-order valence-electron chi connectivity index (χ1n) is 9.95. The van der Waals surface area contributed by atoms with Gasteiger partial charge in [-0.3, -0.25) is 4.79 Å². The molecule has 0 radical (unpaired) electrons. The first kappa shape index (κ1) is 17.1. The number of aryl methyl sites for hydroxylation is 1. The summed E-state index contributed by atoms with van der Waals surface area (Å²) in [5.41, 5.74) is 7.35. The van der Waals surface area contributed by atoms with E-state index in [2.05, 4.69) is 62.0 Å². The molecule has 2 aliphatic rings. The molecule has 1 aliphatic heterocycles. The highest BCUT2D eigenvalue weighted by molar-refractivity contribution is 5.96. The lowest BCUT2D eigenvalue weighted by molar-refractivity contribution is -0.120. The zero-order chi connectivity index (χ0) is 20.2. The van der Waals surface area contributed by atoms with E-state index in [1.54, 1.807) is 11.7 Å². The van der Waals surface area contributed by atoms with Crippen LogP contribution in [-0.2, 0) is 18.3 Å². The van der Waals surface area contributed by atoms with Gasteiger partial charge in [0.05, 0.1) is 5.92 Å². The lowest BCUT2D eigenvalue weighted by Crippen LogP contribution is -2.52. The Hall–Kier alpha value is -3.81. The molecule has 4 aromatic rings. The molecule has 2 aromatic heterocycles. The Labute approximate surface area is 172 Å². The SMILES string of the molecule is Cn1nnc2c(N3CC(C(=O)Nc4ccc5c(c4)Cc4ccccc4-5)C3)ncnc21. The third-order valence-corrected chi connectivity index (χ3v) is 5.98. The van der Waals surface area contributed by atoms with E-state index in [1.807, 2.05) is 11.0 Å². The van der Waals surface area contributed by atoms with Crippen molar-refractivity contribution in [2.75, 3.05) is 23.3 Å². The Morgan fingerprint density at radius 2 is 1.90 bits per heavy atom. The Balaban J connectivity index is 1.15. The number of carbonyl (C=O) groups is 1. The van der Waals surface area contributed by atoms with Gasteiger partial charge in [0, 0.05) is 25.8 Å². The van der Waals surface area contributed by atoms with Crippen LogP contribution in [0.15, 0.2) is 48.8 Å². The summed E-state index contributed by atoms with van der Waals surface area (Å²) >= 11 is 0. The quantitative estimate of drug-likeness (QED) is 0.503. The Morgan fingerprint density at radius 3 is 2.80 bits per heavy atom. The highest BCUT2D eigenvalue weighted by atomic mass is 16.2. The van der Waals surface area contributed by atoms with Gasteiger partial charge in [0.15, 0.2) is 17.0 Å². The number of carbonyl (C=O) groups excluding carboxylic acids is 1. The number of aromatic nitrogens is 5. The highest BCUT2D eigenvalue weighted by Gasteiger charge is 2.35. The molecule has 1 aliphatic carbocycles. The van der Waals surface area contributed by atoms with Crippen LogP contribution in [0.25, 0.3) is 22.3 Å². The zero-order valence-corrected chi connectivity index (χ0v) is 16.4. The van der Waals surface area contributed by atoms with Gasteiger partial charge in [-0.15, -0.1) is 5.10 Å². The number of benzene rings is 2. The van der Waals surface area contributed by atoms with Crippen molar-refractivity contribution in [1.82, 2.24) is 25.0 Å². The molecule has 0 bridgehead atoms. The smallest absolute Gasteiger partial charge is 0.231 e. The van der Waals surface area contributed by atoms with Crippen molar-refractivity contribution in [1.29, 1.82) is 0 Å². The minimum atomic E-state index is -0.0860. The van der Waals surface area contributed by atoms with Crippen LogP contribution in [0.3, 0.4) is 0 Å². The van der Waals surface area contributed by atoms with Gasteiger partial charge in [-0.2, -0.15) is 0 Å². The van der Waals surface area contributed by atoms with Crippen LogP contribution in [-0.4, -0.2) is 44.0 Å². The van der Waals surface area contributed by atoms with E-state index in [4.69, 9.17) is 0 Å². The van der Waals surface area contributed by atoms with Gasteiger partial charge in [0.2, 0.25) is 5.91 Å². The van der Waals surface area contributed by atoms with Gasteiger partial charge in [0.25, 0.3) is 0 Å². The number of anilines is 2. The fourth-order valence-corrected chi connectivity index (χ4v) is 4.36. The average Bonchev–Trinajstić information content (AvgIpc) is 3.27. The number of rotatable bonds is 3. The zero-order valence-electron chi connectivity index (χ0n) is 16.4. The van der Waals surface area contributed by atoms with Crippen molar-refractivity contribution in [3.05, 3.63) is 59.9 Å². The molecular formula is C22H19N7O. The fraction of sp³-hybridized carbons (Fsp3) is 0.227. The van der Waals surface area contributed by atoms with E-state index >= 15 is 0 Å². The summed E-state index contributed by atoms with van der Waals surface area (Å²) in [7, 11) is 1.80. The maximum atomic E-state index is 12.8. The van der Waals surface area contributed by atoms with E-state index < -0.39 is 0 Å². The van der Waals surface area contributed by atoms with Crippen LogP contribution >= 0.6 is 0 Å². The first-order valence-corrected chi connectivity index (χ1v) is 9.95. The van der Waals surface area contributed by atoms with E-state index in [-0.39, 0.29) is 11.8 Å². The second-order valence-corrected chi connectivity index (χ2v) is 7.88. The molecule has 3 heterocycles. The maximum Gasteiger partial charge on any atom is 0.231 e. The number of nitrogens with zero attached hydrogens (tertiary/aromatic N) is 6. The molecule has 0 spiro atoms. The third-order valence-electron chi connectivity index (χ3n) is 5.98. The molecule has 148 valence electrons. The van der Waals surface area contributed by atoms with Crippen LogP contribution in [0.5, 0.6) is 0 Å². The molecule has 1 saturated heterocycles. The third kappa shape index (κ3) is 2.57. The molecule has 0 saturated carbocycles. The lowest BCUT2D eigenvalue weighted by atomic mass is 9.98. The van der Waals surface area contributed by atoms with E-state index in [9.17, 15) is 4.79 Å². The summed E-state index contributed by atoms with van der Waals surface area (Å²) in [6.07, 6.45) is 2.42. The summed E-state index contributed by atoms with van der Waals surface area (Å²) in [6.45, 7) is 1.20. The number of nitrogens with one attached hydrogen (secondary N) is 1. The van der Waals surface area contributed by atoms with Gasteiger partial charge in [-0.05, 0) is 40.8 Å². The Bertz CT molecular complexity index is 1310. The van der Waals surface area contributed by atoms with Crippen molar-refractivity contribution in [2.24, 2.45) is 13.0 Å². The fourth-order valence-electron chi connectivity index (χ4n) is 4.36. The molecule has 6 rings (SSSR count). The molecule has 30 heavy (non-hydrogen) atoms. The molecule has 1 fully saturated rings. The van der Waals surface area contributed by atoms with Gasteiger partial charge in [-0.25, -0.2) is 14.6 Å². The monoisotopic (exact) mass is 397 g/mol. The molecule has 0 atom stereocenters. The van der Waals surface area contributed by atoms with Crippen LogP contribution in [0, 0.1) is 5.92 Å². The average molecular weight is 397 g/mol. The highest BCUT2D eigenvalue weighted by Crippen LogP contribution is 2.37. The van der Waals surface area contributed by atoms with Gasteiger partial charge in [-0.1, -0.05) is 35.5 Å². The number of hydrogen-bond acceptors (Lipinski definition) is 6. The first-order chi connectivity index (χ1) is 14.7. The summed E-state index contributed by atoms with van der Waals surface area (Å²) in [5, 5.41) is 11.2. The van der Waals surface area contributed by atoms with E-state index in [0.717, 1.165) is 17.9 Å². The predicted octanol–water partition coefficient (Wildman–Crippen LogP) is 2.40. The second-order valence-electron chi connectivity index (χ2n) is 7.88. The minimum absolute atomic E-state index is 0.0335. The summed E-state index contributed by atoms with van der Waals surface area (Å²) in [6, 6.07) is 14.7. The van der Waals surface area contributed by atoms with Gasteiger partial charge in [0.1, 0.15) is 6.33 Å². The largest absolute Gasteiger partial charge is 0.353 e. The van der Waals surface area contributed by atoms with Gasteiger partial charge >= 0.3 is 0 Å². The normalized spacial score (nSPS) is 15.0. The van der Waals surface area contributed by atoms with Crippen molar-refractivity contribution in [3.8, 4) is 11.1 Å². The minimum Gasteiger partial charge on any atom is -0.353 e. The predicted molar refractivity (Wildman–Crippen MR) is 113 cm³/mol. The number of fused-ring (bicyclic) bond motifs is 4. The molecule has 8 nitrogen and oxygen atoms in total. The van der Waals surface area contributed by atoms with Crippen LogP contribution in [0.2, 0.25) is 0 Å². The van der Waals surface area contributed by atoms with Crippen molar-refractivity contribution in [2.45, 2.75) is 6.42 Å². The van der Waals surface area contributed by atoms with Crippen molar-refractivity contribution >= 4 is 28.6 Å². The summed E-state index contributed by atoms with van der Waals surface area (Å²) in [4.78, 5) is 23.4. The molecule has 2 aromatic carbocycles. The lowest BCUT2D eigenvalue weighted by Gasteiger charge is -2.38. The number of hydrogen-bond donors (Lipinski definition) is 1. The topological polar surface area (TPSA) is 88.8 Å². The summed E-state index contributed by atoms with van der Waals surface area (Å²) < 4.78 is 1.62. The molecule has 8 heteroatoms. The summed E-state index contributed by atoms with van der Waals surface area (Å²) in [5.74, 6) is 0.677. The molecular weight excluding hydrogens is 378 g/mol. The standard InChI is InChI=1S/C22H19N7O/c1-28-20-19(26-27-28)21(24-12-23-20)29-10-15(11-29)22(30)25-16-6-7-18-14(9-16)8-13-4-2-3-5-17(13)18/h2-7,9,12,15H,8,10-11H2,1H3,(H,25,30). The van der Waals surface area contributed by atoms with Crippen molar-refractivity contribution in [3.63, 3.8) is 0 Å². The maximum absolute atomic E-state index is 12.8. The van der Waals surface area contributed by atoms with E-state index in [1.165, 1.54) is 28.6 Å².